The van der Waals surface area contributed by atoms with Crippen molar-refractivity contribution in [1.29, 1.82) is 0 Å². The van der Waals surface area contributed by atoms with Crippen molar-refractivity contribution >= 4 is 5.82 Å². The second kappa shape index (κ2) is 3.42. The first kappa shape index (κ1) is 9.83. The van der Waals surface area contributed by atoms with Crippen LogP contribution in [0.15, 0.2) is 0 Å². The number of anilines is 1. The van der Waals surface area contributed by atoms with E-state index in [2.05, 4.69) is 17.1 Å². The molecule has 90 valence electrons. The number of fused-ring (bicyclic) bond motifs is 1. The molecule has 1 atom stereocenters. The standard InChI is InChI=1S/C13H18N4/c1-8-11-10(7-14-8)15-12(9-3-4-9)16-13(11)17-5-2-6-17/h8-9,14H,2-7H2,1H3. The molecule has 2 fully saturated rings. The minimum absolute atomic E-state index is 0.411. The average Bonchev–Trinajstić information content (AvgIpc) is 3.02. The second-order valence-corrected chi connectivity index (χ2v) is 5.48. The maximum atomic E-state index is 4.85. The zero-order chi connectivity index (χ0) is 11.4. The van der Waals surface area contributed by atoms with Gasteiger partial charge in [-0.05, 0) is 26.2 Å². The summed E-state index contributed by atoms with van der Waals surface area (Å²) in [5.41, 5.74) is 2.60. The van der Waals surface area contributed by atoms with Crippen molar-refractivity contribution in [1.82, 2.24) is 15.3 Å². The van der Waals surface area contributed by atoms with Gasteiger partial charge in [-0.1, -0.05) is 0 Å². The SMILES string of the molecule is CC1NCc2nc(C3CC3)nc(N3CCC3)c21. The molecule has 1 N–H and O–H groups in total. The monoisotopic (exact) mass is 230 g/mol. The minimum atomic E-state index is 0.411. The molecule has 0 radical (unpaired) electrons. The first-order valence-electron chi connectivity index (χ1n) is 6.72. The smallest absolute Gasteiger partial charge is 0.137 e. The van der Waals surface area contributed by atoms with Crippen molar-refractivity contribution in [3.8, 4) is 0 Å². The Morgan fingerprint density at radius 1 is 1.24 bits per heavy atom. The van der Waals surface area contributed by atoms with E-state index in [4.69, 9.17) is 9.97 Å². The molecule has 1 aromatic rings. The molecule has 2 aliphatic heterocycles. The van der Waals surface area contributed by atoms with Crippen LogP contribution in [0.3, 0.4) is 0 Å². The van der Waals surface area contributed by atoms with Gasteiger partial charge in [0.25, 0.3) is 0 Å². The maximum Gasteiger partial charge on any atom is 0.137 e. The van der Waals surface area contributed by atoms with E-state index < -0.39 is 0 Å². The van der Waals surface area contributed by atoms with E-state index in [1.165, 1.54) is 49.4 Å². The number of rotatable bonds is 2. The lowest BCUT2D eigenvalue weighted by molar-refractivity contribution is 0.591. The number of nitrogens with zero attached hydrogens (tertiary/aromatic N) is 3. The van der Waals surface area contributed by atoms with E-state index in [0.717, 1.165) is 12.4 Å². The second-order valence-electron chi connectivity index (χ2n) is 5.48. The Morgan fingerprint density at radius 3 is 2.71 bits per heavy atom. The summed E-state index contributed by atoms with van der Waals surface area (Å²) in [6.07, 6.45) is 3.86. The van der Waals surface area contributed by atoms with Crippen LogP contribution in [-0.4, -0.2) is 23.1 Å². The molecule has 0 spiro atoms. The van der Waals surface area contributed by atoms with Crippen molar-refractivity contribution in [2.45, 2.75) is 44.7 Å². The van der Waals surface area contributed by atoms with Crippen molar-refractivity contribution in [2.24, 2.45) is 0 Å². The number of hydrogen-bond donors (Lipinski definition) is 1. The molecule has 1 unspecified atom stereocenters. The molecular weight excluding hydrogens is 212 g/mol. The van der Waals surface area contributed by atoms with Gasteiger partial charge in [0.1, 0.15) is 11.6 Å². The van der Waals surface area contributed by atoms with Gasteiger partial charge < -0.3 is 10.2 Å². The first-order valence-corrected chi connectivity index (χ1v) is 6.72. The summed E-state index contributed by atoms with van der Waals surface area (Å²) in [5, 5.41) is 3.49. The van der Waals surface area contributed by atoms with Crippen LogP contribution in [0.5, 0.6) is 0 Å². The molecule has 0 bridgehead atoms. The largest absolute Gasteiger partial charge is 0.356 e. The fourth-order valence-electron chi connectivity index (χ4n) is 2.74. The lowest BCUT2D eigenvalue weighted by atomic mass is 10.1. The van der Waals surface area contributed by atoms with Crippen LogP contribution in [-0.2, 0) is 6.54 Å². The summed E-state index contributed by atoms with van der Waals surface area (Å²) in [6, 6.07) is 0.411. The van der Waals surface area contributed by atoms with E-state index in [1.54, 1.807) is 0 Å². The number of hydrogen-bond acceptors (Lipinski definition) is 4. The normalized spacial score (nSPS) is 26.9. The average molecular weight is 230 g/mol. The van der Waals surface area contributed by atoms with E-state index in [9.17, 15) is 0 Å². The van der Waals surface area contributed by atoms with E-state index in [-0.39, 0.29) is 0 Å². The Kier molecular flexibility index (Phi) is 1.98. The summed E-state index contributed by atoms with van der Waals surface area (Å²) < 4.78 is 0. The van der Waals surface area contributed by atoms with Crippen LogP contribution in [0.25, 0.3) is 0 Å². The molecule has 1 saturated carbocycles. The predicted octanol–water partition coefficient (Wildman–Crippen LogP) is 1.73. The van der Waals surface area contributed by atoms with E-state index >= 15 is 0 Å². The molecule has 1 aromatic heterocycles. The van der Waals surface area contributed by atoms with Gasteiger partial charge in [0.05, 0.1) is 5.69 Å². The summed E-state index contributed by atoms with van der Waals surface area (Å²) in [7, 11) is 0. The van der Waals surface area contributed by atoms with Crippen LogP contribution in [0.2, 0.25) is 0 Å². The van der Waals surface area contributed by atoms with Crippen molar-refractivity contribution in [3.05, 3.63) is 17.1 Å². The Hall–Kier alpha value is -1.16. The van der Waals surface area contributed by atoms with Gasteiger partial charge in [0, 0.05) is 37.2 Å². The Bertz CT molecular complexity index is 463. The Balaban J connectivity index is 1.83. The van der Waals surface area contributed by atoms with Crippen LogP contribution in [0.1, 0.15) is 55.2 Å². The van der Waals surface area contributed by atoms with Gasteiger partial charge in [-0.2, -0.15) is 0 Å². The highest BCUT2D eigenvalue weighted by Gasteiger charge is 2.33. The van der Waals surface area contributed by atoms with Crippen LogP contribution in [0.4, 0.5) is 5.82 Å². The highest BCUT2D eigenvalue weighted by Crippen LogP contribution is 2.41. The summed E-state index contributed by atoms with van der Waals surface area (Å²) in [6.45, 7) is 5.47. The number of nitrogens with one attached hydrogen (secondary N) is 1. The Morgan fingerprint density at radius 2 is 2.06 bits per heavy atom. The predicted molar refractivity (Wildman–Crippen MR) is 66.1 cm³/mol. The third-order valence-corrected chi connectivity index (χ3v) is 4.13. The molecule has 3 heterocycles. The lowest BCUT2D eigenvalue weighted by Crippen LogP contribution is -2.39. The van der Waals surface area contributed by atoms with Crippen molar-refractivity contribution in [2.75, 3.05) is 18.0 Å². The van der Waals surface area contributed by atoms with Gasteiger partial charge in [0.2, 0.25) is 0 Å². The van der Waals surface area contributed by atoms with Crippen molar-refractivity contribution < 1.29 is 0 Å². The molecule has 0 amide bonds. The van der Waals surface area contributed by atoms with E-state index in [1.807, 2.05) is 0 Å². The molecular formula is C13H18N4. The maximum absolute atomic E-state index is 4.85. The fraction of sp³-hybridized carbons (Fsp3) is 0.692. The molecule has 4 heteroatoms. The molecule has 4 nitrogen and oxygen atoms in total. The van der Waals surface area contributed by atoms with Crippen LogP contribution < -0.4 is 10.2 Å². The van der Waals surface area contributed by atoms with Crippen LogP contribution >= 0.6 is 0 Å². The van der Waals surface area contributed by atoms with Gasteiger partial charge in [0.15, 0.2) is 0 Å². The third-order valence-electron chi connectivity index (χ3n) is 4.13. The topological polar surface area (TPSA) is 41.1 Å². The van der Waals surface area contributed by atoms with Crippen LogP contribution in [0, 0.1) is 0 Å². The molecule has 1 aliphatic carbocycles. The Labute approximate surface area is 101 Å². The molecule has 17 heavy (non-hydrogen) atoms. The molecule has 3 aliphatic rings. The highest BCUT2D eigenvalue weighted by atomic mass is 15.2. The zero-order valence-electron chi connectivity index (χ0n) is 10.2. The summed E-state index contributed by atoms with van der Waals surface area (Å²) in [4.78, 5) is 12.0. The minimum Gasteiger partial charge on any atom is -0.356 e. The quantitative estimate of drug-likeness (QED) is 0.840. The first-order chi connectivity index (χ1) is 8.33. The van der Waals surface area contributed by atoms with Crippen molar-refractivity contribution in [3.63, 3.8) is 0 Å². The van der Waals surface area contributed by atoms with Gasteiger partial charge in [-0.15, -0.1) is 0 Å². The van der Waals surface area contributed by atoms with Gasteiger partial charge >= 0.3 is 0 Å². The van der Waals surface area contributed by atoms with Gasteiger partial charge in [-0.3, -0.25) is 0 Å². The summed E-state index contributed by atoms with van der Waals surface area (Å²) in [5.74, 6) is 2.97. The summed E-state index contributed by atoms with van der Waals surface area (Å²) >= 11 is 0. The third kappa shape index (κ3) is 1.47. The van der Waals surface area contributed by atoms with E-state index in [0.29, 0.717) is 12.0 Å². The number of aromatic nitrogens is 2. The fourth-order valence-corrected chi connectivity index (χ4v) is 2.74. The lowest BCUT2D eigenvalue weighted by Gasteiger charge is -2.34. The molecule has 0 aromatic carbocycles. The highest BCUT2D eigenvalue weighted by molar-refractivity contribution is 5.54. The zero-order valence-corrected chi connectivity index (χ0v) is 10.2. The molecule has 1 saturated heterocycles. The van der Waals surface area contributed by atoms with Gasteiger partial charge in [-0.25, -0.2) is 9.97 Å². The molecule has 4 rings (SSSR count).